The molecule has 80 valence electrons. The number of carbonyl (C=O) groups is 1. The normalized spacial score (nSPS) is 15.9. The van der Waals surface area contributed by atoms with Crippen LogP contribution in [-0.2, 0) is 0 Å². The van der Waals surface area contributed by atoms with E-state index >= 15 is 0 Å². The summed E-state index contributed by atoms with van der Waals surface area (Å²) in [4.78, 5) is 13.0. The molecule has 2 nitrogen and oxygen atoms in total. The summed E-state index contributed by atoms with van der Waals surface area (Å²) in [7, 11) is 2.15. The predicted octanol–water partition coefficient (Wildman–Crippen LogP) is 2.80. The molecule has 0 heterocycles. The summed E-state index contributed by atoms with van der Waals surface area (Å²) < 4.78 is 0. The van der Waals surface area contributed by atoms with Gasteiger partial charge in [0.1, 0.15) is 6.29 Å². The van der Waals surface area contributed by atoms with E-state index in [9.17, 15) is 4.79 Å². The summed E-state index contributed by atoms with van der Waals surface area (Å²) in [5, 5.41) is 0. The molecule has 0 radical (unpaired) electrons. The van der Waals surface area contributed by atoms with Gasteiger partial charge in [0.25, 0.3) is 0 Å². The van der Waals surface area contributed by atoms with Crippen molar-refractivity contribution in [2.24, 2.45) is 0 Å². The van der Waals surface area contributed by atoms with E-state index < -0.39 is 0 Å². The molecule has 1 aliphatic rings. The average molecular weight is 203 g/mol. The standard InChI is InChI=1S/C13H17NO/c1-10-8-11(9-15)6-7-13(10)14(2)12-4-3-5-12/h6-9,12H,3-5H2,1-2H3. The van der Waals surface area contributed by atoms with Crippen molar-refractivity contribution in [3.8, 4) is 0 Å². The van der Waals surface area contributed by atoms with E-state index in [4.69, 9.17) is 0 Å². The monoisotopic (exact) mass is 203 g/mol. The molecule has 2 rings (SSSR count). The molecule has 2 heteroatoms. The van der Waals surface area contributed by atoms with Crippen molar-refractivity contribution in [2.75, 3.05) is 11.9 Å². The summed E-state index contributed by atoms with van der Waals surface area (Å²) in [5.41, 5.74) is 3.21. The van der Waals surface area contributed by atoms with Gasteiger partial charge in [-0.1, -0.05) is 0 Å². The van der Waals surface area contributed by atoms with E-state index in [1.165, 1.54) is 30.5 Å². The van der Waals surface area contributed by atoms with Crippen LogP contribution in [0.15, 0.2) is 18.2 Å². The molecule has 1 fully saturated rings. The Morgan fingerprint density at radius 3 is 2.60 bits per heavy atom. The van der Waals surface area contributed by atoms with Gasteiger partial charge in [0.05, 0.1) is 0 Å². The molecule has 15 heavy (non-hydrogen) atoms. The molecule has 1 aromatic carbocycles. The third-order valence-corrected chi connectivity index (χ3v) is 3.36. The molecule has 1 aromatic rings. The Morgan fingerprint density at radius 1 is 1.40 bits per heavy atom. The van der Waals surface area contributed by atoms with Gasteiger partial charge >= 0.3 is 0 Å². The maximum Gasteiger partial charge on any atom is 0.150 e. The summed E-state index contributed by atoms with van der Waals surface area (Å²) in [6.07, 6.45) is 4.84. The molecule has 0 unspecified atom stereocenters. The fourth-order valence-corrected chi connectivity index (χ4v) is 2.12. The maximum atomic E-state index is 10.6. The second-order valence-corrected chi connectivity index (χ2v) is 4.36. The lowest BCUT2D eigenvalue weighted by atomic mass is 9.91. The summed E-state index contributed by atoms with van der Waals surface area (Å²) >= 11 is 0. The minimum atomic E-state index is 0.700. The van der Waals surface area contributed by atoms with Gasteiger partial charge in [0.15, 0.2) is 0 Å². The SMILES string of the molecule is Cc1cc(C=O)ccc1N(C)C1CCC1. The second-order valence-electron chi connectivity index (χ2n) is 4.36. The number of hydrogen-bond acceptors (Lipinski definition) is 2. The van der Waals surface area contributed by atoms with Crippen LogP contribution in [0, 0.1) is 6.92 Å². The lowest BCUT2D eigenvalue weighted by molar-refractivity contribution is 0.112. The summed E-state index contributed by atoms with van der Waals surface area (Å²) in [6.45, 7) is 2.07. The molecule has 0 bridgehead atoms. The zero-order chi connectivity index (χ0) is 10.8. The van der Waals surface area contributed by atoms with E-state index in [2.05, 4.69) is 24.9 Å². The predicted molar refractivity (Wildman–Crippen MR) is 62.6 cm³/mol. The highest BCUT2D eigenvalue weighted by atomic mass is 16.1. The Kier molecular flexibility index (Phi) is 2.76. The minimum Gasteiger partial charge on any atom is -0.371 e. The van der Waals surface area contributed by atoms with Crippen LogP contribution >= 0.6 is 0 Å². The number of aldehydes is 1. The molecule has 0 saturated heterocycles. The highest BCUT2D eigenvalue weighted by Crippen LogP contribution is 2.30. The number of carbonyl (C=O) groups excluding carboxylic acids is 1. The first-order valence-corrected chi connectivity index (χ1v) is 5.51. The van der Waals surface area contributed by atoms with Crippen LogP contribution in [0.3, 0.4) is 0 Å². The zero-order valence-corrected chi connectivity index (χ0v) is 9.36. The quantitative estimate of drug-likeness (QED) is 0.704. The number of benzene rings is 1. The van der Waals surface area contributed by atoms with Crippen LogP contribution in [0.1, 0.15) is 35.2 Å². The van der Waals surface area contributed by atoms with Gasteiger partial charge in [-0.15, -0.1) is 0 Å². The fraction of sp³-hybridized carbons (Fsp3) is 0.462. The van der Waals surface area contributed by atoms with Crippen molar-refractivity contribution in [3.63, 3.8) is 0 Å². The van der Waals surface area contributed by atoms with E-state index in [-0.39, 0.29) is 0 Å². The van der Waals surface area contributed by atoms with E-state index in [0.717, 1.165) is 11.8 Å². The van der Waals surface area contributed by atoms with Gasteiger partial charge in [0, 0.05) is 24.3 Å². The minimum absolute atomic E-state index is 0.700. The molecule has 0 N–H and O–H groups in total. The Labute approximate surface area is 90.9 Å². The summed E-state index contributed by atoms with van der Waals surface area (Å²) in [5.74, 6) is 0. The van der Waals surface area contributed by atoms with Crippen LogP contribution in [0.25, 0.3) is 0 Å². The van der Waals surface area contributed by atoms with Gasteiger partial charge in [-0.25, -0.2) is 0 Å². The van der Waals surface area contributed by atoms with E-state index in [1.807, 2.05) is 12.1 Å². The molecule has 0 aromatic heterocycles. The number of aryl methyl sites for hydroxylation is 1. The van der Waals surface area contributed by atoms with Crippen LogP contribution in [0.2, 0.25) is 0 Å². The van der Waals surface area contributed by atoms with Gasteiger partial charge in [0.2, 0.25) is 0 Å². The number of rotatable bonds is 3. The first-order valence-electron chi connectivity index (χ1n) is 5.51. The Hall–Kier alpha value is -1.31. The molecular weight excluding hydrogens is 186 g/mol. The smallest absolute Gasteiger partial charge is 0.150 e. The van der Waals surface area contributed by atoms with Crippen molar-refractivity contribution in [2.45, 2.75) is 32.2 Å². The average Bonchev–Trinajstić information content (AvgIpc) is 2.14. The second kappa shape index (κ2) is 4.05. The van der Waals surface area contributed by atoms with Gasteiger partial charge in [-0.05, 0) is 49.9 Å². The van der Waals surface area contributed by atoms with Gasteiger partial charge in [-0.2, -0.15) is 0 Å². The van der Waals surface area contributed by atoms with Crippen molar-refractivity contribution in [1.29, 1.82) is 0 Å². The van der Waals surface area contributed by atoms with Crippen LogP contribution in [0.5, 0.6) is 0 Å². The molecule has 1 aliphatic carbocycles. The van der Waals surface area contributed by atoms with Gasteiger partial charge < -0.3 is 4.90 Å². The zero-order valence-electron chi connectivity index (χ0n) is 9.36. The Morgan fingerprint density at radius 2 is 2.13 bits per heavy atom. The van der Waals surface area contributed by atoms with Crippen molar-refractivity contribution in [3.05, 3.63) is 29.3 Å². The van der Waals surface area contributed by atoms with Crippen molar-refractivity contribution in [1.82, 2.24) is 0 Å². The molecule has 0 aliphatic heterocycles. The Bertz CT molecular complexity index is 369. The topological polar surface area (TPSA) is 20.3 Å². The first kappa shape index (κ1) is 10.2. The lowest BCUT2D eigenvalue weighted by Crippen LogP contribution is -2.37. The summed E-state index contributed by atoms with van der Waals surface area (Å²) in [6, 6.07) is 6.60. The largest absolute Gasteiger partial charge is 0.371 e. The van der Waals surface area contributed by atoms with Crippen LogP contribution in [-0.4, -0.2) is 19.4 Å². The lowest BCUT2D eigenvalue weighted by Gasteiger charge is -2.37. The van der Waals surface area contributed by atoms with Crippen LogP contribution < -0.4 is 4.90 Å². The molecule has 0 atom stereocenters. The van der Waals surface area contributed by atoms with Gasteiger partial charge in [-0.3, -0.25) is 4.79 Å². The number of nitrogens with zero attached hydrogens (tertiary/aromatic N) is 1. The highest BCUT2D eigenvalue weighted by Gasteiger charge is 2.22. The van der Waals surface area contributed by atoms with Crippen molar-refractivity contribution < 1.29 is 4.79 Å². The fourth-order valence-electron chi connectivity index (χ4n) is 2.12. The number of hydrogen-bond donors (Lipinski definition) is 0. The molecule has 0 spiro atoms. The Balaban J connectivity index is 2.23. The highest BCUT2D eigenvalue weighted by molar-refractivity contribution is 5.77. The van der Waals surface area contributed by atoms with E-state index in [0.29, 0.717) is 6.04 Å². The molecular formula is C13H17NO. The molecule has 0 amide bonds. The third-order valence-electron chi connectivity index (χ3n) is 3.36. The third kappa shape index (κ3) is 1.89. The molecule has 1 saturated carbocycles. The first-order chi connectivity index (χ1) is 7.22. The van der Waals surface area contributed by atoms with E-state index in [1.54, 1.807) is 0 Å². The number of anilines is 1. The van der Waals surface area contributed by atoms with Crippen molar-refractivity contribution >= 4 is 12.0 Å². The maximum absolute atomic E-state index is 10.6. The van der Waals surface area contributed by atoms with Crippen LogP contribution in [0.4, 0.5) is 5.69 Å².